The summed E-state index contributed by atoms with van der Waals surface area (Å²) in [4.78, 5) is 27.9. The Hall–Kier alpha value is -2.25. The molecule has 8 heteroatoms. The first-order valence-electron chi connectivity index (χ1n) is 6.62. The largest absolute Gasteiger partial charge is 0.465 e. The zero-order valence-electron chi connectivity index (χ0n) is 12.5. The molecule has 1 aromatic rings. The highest BCUT2D eigenvalue weighted by Crippen LogP contribution is 2.28. The summed E-state index contributed by atoms with van der Waals surface area (Å²) in [6.07, 6.45) is 1.10. The maximum absolute atomic E-state index is 12.1. The Balaban J connectivity index is 3.15. The summed E-state index contributed by atoms with van der Waals surface area (Å²) in [5.41, 5.74) is -1.58. The van der Waals surface area contributed by atoms with Crippen LogP contribution in [0.4, 0.5) is 8.78 Å². The van der Waals surface area contributed by atoms with Crippen molar-refractivity contribution in [1.82, 2.24) is 4.98 Å². The van der Waals surface area contributed by atoms with Gasteiger partial charge in [-0.2, -0.15) is 8.78 Å². The summed E-state index contributed by atoms with van der Waals surface area (Å²) in [5, 5.41) is 0. The van der Waals surface area contributed by atoms with Crippen LogP contribution in [-0.2, 0) is 24.5 Å². The smallest absolute Gasteiger partial charge is 0.388 e. The molecule has 1 rings (SSSR count). The van der Waals surface area contributed by atoms with Crippen molar-refractivity contribution < 1.29 is 32.6 Å². The van der Waals surface area contributed by atoms with Crippen molar-refractivity contribution in [2.45, 2.75) is 32.8 Å². The van der Waals surface area contributed by atoms with E-state index in [1.165, 1.54) is 13.0 Å². The predicted molar refractivity (Wildman–Crippen MR) is 71.5 cm³/mol. The lowest BCUT2D eigenvalue weighted by Gasteiger charge is -2.25. The van der Waals surface area contributed by atoms with Gasteiger partial charge in [0.2, 0.25) is 5.88 Å². The highest BCUT2D eigenvalue weighted by Gasteiger charge is 2.46. The number of hydrogen-bond acceptors (Lipinski definition) is 6. The van der Waals surface area contributed by atoms with Gasteiger partial charge in [-0.15, -0.1) is 0 Å². The summed E-state index contributed by atoms with van der Waals surface area (Å²) < 4.78 is 38.1. The average Bonchev–Trinajstić information content (AvgIpc) is 2.47. The number of halogens is 2. The van der Waals surface area contributed by atoms with Crippen LogP contribution in [0.2, 0.25) is 0 Å². The molecular weight excluding hydrogens is 300 g/mol. The summed E-state index contributed by atoms with van der Waals surface area (Å²) in [6, 6.07) is 2.43. The number of alkyl halides is 2. The van der Waals surface area contributed by atoms with Crippen molar-refractivity contribution in [3.8, 4) is 5.88 Å². The van der Waals surface area contributed by atoms with Crippen LogP contribution >= 0.6 is 0 Å². The van der Waals surface area contributed by atoms with Gasteiger partial charge in [0.1, 0.15) is 0 Å². The van der Waals surface area contributed by atoms with Crippen LogP contribution in [0.15, 0.2) is 18.3 Å². The third-order valence-corrected chi connectivity index (χ3v) is 2.89. The molecule has 0 amide bonds. The van der Waals surface area contributed by atoms with Crippen LogP contribution < -0.4 is 4.74 Å². The molecule has 22 heavy (non-hydrogen) atoms. The van der Waals surface area contributed by atoms with Crippen molar-refractivity contribution in [3.05, 3.63) is 23.9 Å². The Bertz CT molecular complexity index is 500. The second-order valence-corrected chi connectivity index (χ2v) is 4.33. The van der Waals surface area contributed by atoms with Crippen LogP contribution in [0.5, 0.6) is 5.88 Å². The minimum atomic E-state index is -3.01. The molecule has 0 N–H and O–H groups in total. The van der Waals surface area contributed by atoms with Crippen LogP contribution in [0.1, 0.15) is 26.3 Å². The quantitative estimate of drug-likeness (QED) is 0.566. The molecule has 0 atom stereocenters. The number of rotatable bonds is 7. The Morgan fingerprint density at radius 1 is 1.18 bits per heavy atom. The summed E-state index contributed by atoms with van der Waals surface area (Å²) in [7, 11) is 0. The van der Waals surface area contributed by atoms with Gasteiger partial charge in [0.05, 0.1) is 13.2 Å². The van der Waals surface area contributed by atoms with Gasteiger partial charge in [-0.3, -0.25) is 9.59 Å². The van der Waals surface area contributed by atoms with Gasteiger partial charge >= 0.3 is 18.6 Å². The molecular formula is C14H17F2NO5. The highest BCUT2D eigenvalue weighted by molar-refractivity contribution is 6.05. The molecule has 6 nitrogen and oxygen atoms in total. The van der Waals surface area contributed by atoms with Crippen LogP contribution in [0.25, 0.3) is 0 Å². The molecule has 0 fully saturated rings. The third kappa shape index (κ3) is 3.90. The molecule has 0 bridgehead atoms. The molecule has 0 aliphatic rings. The van der Waals surface area contributed by atoms with E-state index in [2.05, 4.69) is 9.72 Å². The fourth-order valence-electron chi connectivity index (χ4n) is 1.71. The Morgan fingerprint density at radius 2 is 1.73 bits per heavy atom. The second kappa shape index (κ2) is 7.67. The van der Waals surface area contributed by atoms with E-state index >= 15 is 0 Å². The fourth-order valence-corrected chi connectivity index (χ4v) is 1.71. The average molecular weight is 317 g/mol. The van der Waals surface area contributed by atoms with Gasteiger partial charge in [0.25, 0.3) is 0 Å². The van der Waals surface area contributed by atoms with Crippen molar-refractivity contribution in [2.75, 3.05) is 13.2 Å². The van der Waals surface area contributed by atoms with Crippen molar-refractivity contribution in [3.63, 3.8) is 0 Å². The number of esters is 2. The Kier molecular flexibility index (Phi) is 6.21. The number of ether oxygens (including phenoxy) is 3. The van der Waals surface area contributed by atoms with E-state index in [4.69, 9.17) is 9.47 Å². The minimum absolute atomic E-state index is 0.0772. The fraction of sp³-hybridized carbons (Fsp3) is 0.500. The van der Waals surface area contributed by atoms with E-state index in [1.807, 2.05) is 0 Å². The third-order valence-electron chi connectivity index (χ3n) is 2.89. The van der Waals surface area contributed by atoms with E-state index in [-0.39, 0.29) is 24.7 Å². The summed E-state index contributed by atoms with van der Waals surface area (Å²) >= 11 is 0. The van der Waals surface area contributed by atoms with Crippen molar-refractivity contribution in [1.29, 1.82) is 0 Å². The highest BCUT2D eigenvalue weighted by atomic mass is 19.3. The number of carbonyl (C=O) groups excluding carboxylic acids is 2. The van der Waals surface area contributed by atoms with Gasteiger partial charge in [-0.05, 0) is 26.3 Å². The lowest BCUT2D eigenvalue weighted by atomic mass is 9.83. The molecule has 0 saturated heterocycles. The van der Waals surface area contributed by atoms with Crippen LogP contribution in [0, 0.1) is 0 Å². The Labute approximate surface area is 126 Å². The van der Waals surface area contributed by atoms with E-state index in [1.54, 1.807) is 13.8 Å². The minimum Gasteiger partial charge on any atom is -0.465 e. The monoisotopic (exact) mass is 317 g/mol. The first-order valence-corrected chi connectivity index (χ1v) is 6.62. The van der Waals surface area contributed by atoms with Crippen molar-refractivity contribution >= 4 is 11.9 Å². The van der Waals surface area contributed by atoms with Gasteiger partial charge < -0.3 is 14.2 Å². The molecule has 0 aliphatic heterocycles. The maximum Gasteiger partial charge on any atom is 0.388 e. The van der Waals surface area contributed by atoms with Gasteiger partial charge in [-0.1, -0.05) is 6.07 Å². The molecule has 0 spiro atoms. The topological polar surface area (TPSA) is 74.7 Å². The first kappa shape index (κ1) is 17.8. The molecule has 0 aromatic carbocycles. The summed E-state index contributed by atoms with van der Waals surface area (Å²) in [5.74, 6) is -1.94. The number of carbonyl (C=O) groups is 2. The second-order valence-electron chi connectivity index (χ2n) is 4.33. The summed E-state index contributed by atoms with van der Waals surface area (Å²) in [6.45, 7) is 1.66. The lowest BCUT2D eigenvalue weighted by Crippen LogP contribution is -2.43. The van der Waals surface area contributed by atoms with Crippen LogP contribution in [-0.4, -0.2) is 36.7 Å². The van der Waals surface area contributed by atoms with Crippen LogP contribution in [0.3, 0.4) is 0 Å². The lowest BCUT2D eigenvalue weighted by molar-refractivity contribution is -0.163. The van der Waals surface area contributed by atoms with Gasteiger partial charge in [0.15, 0.2) is 5.41 Å². The standard InChI is InChI=1S/C14H17F2NO5/c1-4-20-11(18)14(3,12(19)21-5-2)9-6-7-10(17-8-9)22-13(15)16/h6-8,13H,4-5H2,1-3H3. The van der Waals surface area contributed by atoms with E-state index < -0.39 is 24.0 Å². The predicted octanol–water partition coefficient (Wildman–Crippen LogP) is 2.07. The normalized spacial score (nSPS) is 11.2. The molecule has 1 aromatic heterocycles. The van der Waals surface area contributed by atoms with E-state index in [0.29, 0.717) is 0 Å². The SMILES string of the molecule is CCOC(=O)C(C)(C(=O)OCC)c1ccc(OC(F)F)nc1. The zero-order chi connectivity index (χ0) is 16.8. The number of pyridine rings is 1. The zero-order valence-corrected chi connectivity index (χ0v) is 12.5. The van der Waals surface area contributed by atoms with Gasteiger partial charge in [0, 0.05) is 12.3 Å². The van der Waals surface area contributed by atoms with Gasteiger partial charge in [-0.25, -0.2) is 4.98 Å². The molecule has 0 radical (unpaired) electrons. The molecule has 0 saturated carbocycles. The first-order chi connectivity index (χ1) is 10.4. The van der Waals surface area contributed by atoms with Crippen molar-refractivity contribution in [2.24, 2.45) is 0 Å². The van der Waals surface area contributed by atoms with E-state index in [9.17, 15) is 18.4 Å². The number of hydrogen-bond donors (Lipinski definition) is 0. The molecule has 0 aliphatic carbocycles. The Morgan fingerprint density at radius 3 is 2.09 bits per heavy atom. The molecule has 1 heterocycles. The number of nitrogens with zero attached hydrogens (tertiary/aromatic N) is 1. The molecule has 122 valence electrons. The molecule has 0 unspecified atom stereocenters. The van der Waals surface area contributed by atoms with E-state index in [0.717, 1.165) is 12.3 Å². The maximum atomic E-state index is 12.1. The number of aromatic nitrogens is 1.